The van der Waals surface area contributed by atoms with E-state index in [1.165, 1.54) is 0 Å². The molecule has 1 N–H and O–H groups in total. The molecule has 1 aromatic heterocycles. The molecule has 0 bridgehead atoms. The third-order valence-corrected chi connectivity index (χ3v) is 3.35. The number of para-hydroxylation sites is 1. The fraction of sp³-hybridized carbons (Fsp3) is 0. The molecule has 3 aromatic rings. The van der Waals surface area contributed by atoms with Gasteiger partial charge in [0.25, 0.3) is 0 Å². The Morgan fingerprint density at radius 3 is 2.62 bits per heavy atom. The van der Waals surface area contributed by atoms with Crippen LogP contribution in [-0.2, 0) is 0 Å². The van der Waals surface area contributed by atoms with Crippen LogP contribution in [0.3, 0.4) is 0 Å². The number of aromatic carboxylic acids is 1. The van der Waals surface area contributed by atoms with Gasteiger partial charge in [-0.25, -0.2) is 4.79 Å². The van der Waals surface area contributed by atoms with Gasteiger partial charge in [-0.05, 0) is 18.2 Å². The molecule has 3 nitrogen and oxygen atoms in total. The fourth-order valence-electron chi connectivity index (χ4n) is 2.45. The molecule has 3 rings (SSSR count). The van der Waals surface area contributed by atoms with Crippen LogP contribution in [0, 0.1) is 12.3 Å². The third-order valence-electron chi connectivity index (χ3n) is 3.35. The number of nitrogens with zero attached hydrogens (tertiary/aromatic N) is 1. The van der Waals surface area contributed by atoms with E-state index in [9.17, 15) is 9.90 Å². The maximum atomic E-state index is 11.5. The molecule has 21 heavy (non-hydrogen) atoms. The van der Waals surface area contributed by atoms with Crippen LogP contribution in [0.1, 0.15) is 15.9 Å². The molecule has 0 atom stereocenters. The fourth-order valence-corrected chi connectivity index (χ4v) is 2.45. The number of terminal acetylenes is 1. The van der Waals surface area contributed by atoms with Crippen LogP contribution in [0.4, 0.5) is 0 Å². The van der Waals surface area contributed by atoms with Crippen molar-refractivity contribution in [2.45, 2.75) is 0 Å². The number of benzene rings is 2. The van der Waals surface area contributed by atoms with E-state index in [1.807, 2.05) is 30.3 Å². The quantitative estimate of drug-likeness (QED) is 0.726. The highest BCUT2D eigenvalue weighted by Gasteiger charge is 2.17. The zero-order valence-corrected chi connectivity index (χ0v) is 11.1. The molecule has 0 saturated heterocycles. The molecule has 0 aliphatic carbocycles. The lowest BCUT2D eigenvalue weighted by molar-refractivity contribution is 0.0697. The van der Waals surface area contributed by atoms with Crippen molar-refractivity contribution >= 4 is 16.9 Å². The Kier molecular flexibility index (Phi) is 3.13. The number of carbonyl (C=O) groups is 1. The summed E-state index contributed by atoms with van der Waals surface area (Å²) in [7, 11) is 0. The second-order valence-corrected chi connectivity index (χ2v) is 4.56. The van der Waals surface area contributed by atoms with Crippen molar-refractivity contribution < 1.29 is 9.90 Å². The van der Waals surface area contributed by atoms with Crippen molar-refractivity contribution in [2.75, 3.05) is 0 Å². The van der Waals surface area contributed by atoms with Crippen LogP contribution in [0.5, 0.6) is 0 Å². The Hall–Kier alpha value is -3.12. The van der Waals surface area contributed by atoms with Crippen molar-refractivity contribution in [2.24, 2.45) is 0 Å². The number of hydrogen-bond acceptors (Lipinski definition) is 2. The molecule has 0 aliphatic rings. The molecule has 3 heteroatoms. The predicted molar refractivity (Wildman–Crippen MR) is 82.1 cm³/mol. The normalized spacial score (nSPS) is 10.2. The molecule has 2 aromatic carbocycles. The number of aromatic nitrogens is 1. The molecule has 0 unspecified atom stereocenters. The second-order valence-electron chi connectivity index (χ2n) is 4.56. The van der Waals surface area contributed by atoms with Crippen LogP contribution in [0.2, 0.25) is 0 Å². The van der Waals surface area contributed by atoms with E-state index in [0.29, 0.717) is 11.1 Å². The summed E-state index contributed by atoms with van der Waals surface area (Å²) >= 11 is 0. The molecule has 0 radical (unpaired) electrons. The van der Waals surface area contributed by atoms with Gasteiger partial charge in [-0.2, -0.15) is 0 Å². The van der Waals surface area contributed by atoms with E-state index in [1.54, 1.807) is 24.4 Å². The zero-order chi connectivity index (χ0) is 14.8. The van der Waals surface area contributed by atoms with E-state index >= 15 is 0 Å². The minimum atomic E-state index is -1.00. The average molecular weight is 273 g/mol. The van der Waals surface area contributed by atoms with E-state index in [0.717, 1.165) is 16.5 Å². The highest BCUT2D eigenvalue weighted by atomic mass is 16.4. The van der Waals surface area contributed by atoms with Gasteiger partial charge in [-0.3, -0.25) is 4.98 Å². The molecule has 0 aliphatic heterocycles. The molecule has 0 spiro atoms. The van der Waals surface area contributed by atoms with Gasteiger partial charge in [0.2, 0.25) is 0 Å². The Morgan fingerprint density at radius 1 is 1.10 bits per heavy atom. The number of hydrogen-bond donors (Lipinski definition) is 1. The summed E-state index contributed by atoms with van der Waals surface area (Å²) in [6.45, 7) is 0. The molecule has 100 valence electrons. The Labute approximate surface area is 121 Å². The van der Waals surface area contributed by atoms with Crippen LogP contribution in [-0.4, -0.2) is 16.1 Å². The van der Waals surface area contributed by atoms with Crippen molar-refractivity contribution in [3.05, 3.63) is 65.9 Å². The number of carboxylic acid groups (broad SMARTS) is 1. The number of carboxylic acids is 1. The van der Waals surface area contributed by atoms with Crippen molar-refractivity contribution in [3.63, 3.8) is 0 Å². The van der Waals surface area contributed by atoms with Crippen LogP contribution < -0.4 is 0 Å². The standard InChI is InChI=1S/C18H11NO2/c1-2-12-6-3-10-15(18(20)21)16(12)14-9-4-7-13-8-5-11-19-17(13)14/h1,3-11H,(H,20,21). The SMILES string of the molecule is C#Cc1cccc(C(=O)O)c1-c1cccc2cccnc12. The summed E-state index contributed by atoms with van der Waals surface area (Å²) < 4.78 is 0. The summed E-state index contributed by atoms with van der Waals surface area (Å²) in [6.07, 6.45) is 7.22. The number of pyridine rings is 1. The lowest BCUT2D eigenvalue weighted by atomic mass is 9.93. The molecular weight excluding hydrogens is 262 g/mol. The van der Waals surface area contributed by atoms with Crippen molar-refractivity contribution in [3.8, 4) is 23.5 Å². The highest BCUT2D eigenvalue weighted by molar-refractivity contribution is 6.03. The average Bonchev–Trinajstić information content (AvgIpc) is 2.53. The van der Waals surface area contributed by atoms with Gasteiger partial charge >= 0.3 is 5.97 Å². The minimum absolute atomic E-state index is 0.184. The Bertz CT molecular complexity index is 886. The van der Waals surface area contributed by atoms with E-state index < -0.39 is 5.97 Å². The monoisotopic (exact) mass is 273 g/mol. The lowest BCUT2D eigenvalue weighted by Gasteiger charge is -2.11. The first kappa shape index (κ1) is 12.9. The van der Waals surface area contributed by atoms with Gasteiger partial charge in [0.1, 0.15) is 0 Å². The van der Waals surface area contributed by atoms with Crippen molar-refractivity contribution in [1.82, 2.24) is 4.98 Å². The molecule has 0 fully saturated rings. The first-order valence-corrected chi connectivity index (χ1v) is 6.39. The summed E-state index contributed by atoms with van der Waals surface area (Å²) in [5.74, 6) is 1.56. The summed E-state index contributed by atoms with van der Waals surface area (Å²) in [5, 5.41) is 10.4. The summed E-state index contributed by atoms with van der Waals surface area (Å²) in [6, 6.07) is 14.4. The number of rotatable bonds is 2. The first-order chi connectivity index (χ1) is 10.2. The maximum Gasteiger partial charge on any atom is 0.336 e. The maximum absolute atomic E-state index is 11.5. The highest BCUT2D eigenvalue weighted by Crippen LogP contribution is 2.32. The van der Waals surface area contributed by atoms with Crippen molar-refractivity contribution in [1.29, 1.82) is 0 Å². The molecule has 0 amide bonds. The topological polar surface area (TPSA) is 50.2 Å². The largest absolute Gasteiger partial charge is 0.478 e. The third kappa shape index (κ3) is 2.13. The second kappa shape index (κ2) is 5.10. The van der Waals surface area contributed by atoms with E-state index in [4.69, 9.17) is 6.42 Å². The zero-order valence-electron chi connectivity index (χ0n) is 11.1. The lowest BCUT2D eigenvalue weighted by Crippen LogP contribution is -2.02. The van der Waals surface area contributed by atoms with E-state index in [-0.39, 0.29) is 5.56 Å². The smallest absolute Gasteiger partial charge is 0.336 e. The van der Waals surface area contributed by atoms with Gasteiger partial charge in [-0.1, -0.05) is 36.3 Å². The van der Waals surface area contributed by atoms with Gasteiger partial charge < -0.3 is 5.11 Å². The predicted octanol–water partition coefficient (Wildman–Crippen LogP) is 3.58. The van der Waals surface area contributed by atoms with Crippen LogP contribution >= 0.6 is 0 Å². The van der Waals surface area contributed by atoms with Gasteiger partial charge in [-0.15, -0.1) is 6.42 Å². The van der Waals surface area contributed by atoms with Gasteiger partial charge in [0.05, 0.1) is 11.1 Å². The van der Waals surface area contributed by atoms with Crippen LogP contribution in [0.15, 0.2) is 54.7 Å². The van der Waals surface area contributed by atoms with Gasteiger partial charge in [0, 0.05) is 28.3 Å². The van der Waals surface area contributed by atoms with E-state index in [2.05, 4.69) is 10.9 Å². The molecule has 1 heterocycles. The number of fused-ring (bicyclic) bond motifs is 1. The minimum Gasteiger partial charge on any atom is -0.478 e. The summed E-state index contributed by atoms with van der Waals surface area (Å²) in [5.41, 5.74) is 2.75. The Morgan fingerprint density at radius 2 is 1.86 bits per heavy atom. The molecule has 0 saturated carbocycles. The summed E-state index contributed by atoms with van der Waals surface area (Å²) in [4.78, 5) is 15.9. The van der Waals surface area contributed by atoms with Crippen LogP contribution in [0.25, 0.3) is 22.0 Å². The Balaban J connectivity index is 2.44. The van der Waals surface area contributed by atoms with Gasteiger partial charge in [0.15, 0.2) is 0 Å². The first-order valence-electron chi connectivity index (χ1n) is 6.39. The molecular formula is C18H11NO2.